The van der Waals surface area contributed by atoms with Crippen molar-refractivity contribution in [3.63, 3.8) is 0 Å². The molecular weight excluding hydrogens is 416 g/mol. The van der Waals surface area contributed by atoms with Gasteiger partial charge >= 0.3 is 11.7 Å². The van der Waals surface area contributed by atoms with Gasteiger partial charge < -0.3 is 10.1 Å². The number of ether oxygens (including phenoxy) is 1. The van der Waals surface area contributed by atoms with E-state index in [0.29, 0.717) is 0 Å². The van der Waals surface area contributed by atoms with Crippen molar-refractivity contribution >= 4 is 21.7 Å². The number of amides is 1. The molecule has 1 aliphatic rings. The van der Waals surface area contributed by atoms with Crippen molar-refractivity contribution < 1.29 is 31.5 Å². The van der Waals surface area contributed by atoms with Gasteiger partial charge in [0.1, 0.15) is 0 Å². The summed E-state index contributed by atoms with van der Waals surface area (Å²) >= 11 is 0. The molecule has 0 saturated heterocycles. The number of aryl methyl sites for hydroxylation is 1. The highest BCUT2D eigenvalue weighted by molar-refractivity contribution is 7.91. The third kappa shape index (κ3) is 4.67. The number of alkyl halides is 2. The average Bonchev–Trinajstić information content (AvgIpc) is 2.73. The first-order chi connectivity index (χ1) is 14.2. The molecule has 1 N–H and O–H groups in total. The molecule has 0 heterocycles. The summed E-state index contributed by atoms with van der Waals surface area (Å²) < 4.78 is 53.2. The van der Waals surface area contributed by atoms with Crippen LogP contribution in [0.15, 0.2) is 53.4 Å². The first kappa shape index (κ1) is 21.9. The number of sulfone groups is 1. The Morgan fingerprint density at radius 3 is 2.43 bits per heavy atom. The van der Waals surface area contributed by atoms with E-state index in [-0.39, 0.29) is 11.6 Å². The average molecular weight is 437 g/mol. The third-order valence-electron chi connectivity index (χ3n) is 4.99. The van der Waals surface area contributed by atoms with Gasteiger partial charge in [0.05, 0.1) is 16.5 Å². The molecule has 0 radical (unpaired) electrons. The zero-order valence-corrected chi connectivity index (χ0v) is 17.0. The van der Waals surface area contributed by atoms with Gasteiger partial charge in [-0.15, -0.1) is 0 Å². The van der Waals surface area contributed by atoms with Gasteiger partial charge in [0.15, 0.2) is 6.10 Å². The van der Waals surface area contributed by atoms with E-state index in [9.17, 15) is 26.8 Å². The Hall–Kier alpha value is -2.81. The van der Waals surface area contributed by atoms with Crippen LogP contribution in [0.25, 0.3) is 0 Å². The van der Waals surface area contributed by atoms with Crippen LogP contribution in [0, 0.1) is 0 Å². The lowest BCUT2D eigenvalue weighted by Crippen LogP contribution is -2.39. The molecule has 3 rings (SSSR count). The predicted molar refractivity (Wildman–Crippen MR) is 105 cm³/mol. The van der Waals surface area contributed by atoms with Gasteiger partial charge in [0.25, 0.3) is 5.91 Å². The molecule has 1 amide bonds. The molecule has 9 heteroatoms. The van der Waals surface area contributed by atoms with Crippen molar-refractivity contribution in [2.24, 2.45) is 0 Å². The number of hydrogen-bond donors (Lipinski definition) is 1. The van der Waals surface area contributed by atoms with Crippen LogP contribution in [0.3, 0.4) is 0 Å². The zero-order valence-electron chi connectivity index (χ0n) is 16.2. The summed E-state index contributed by atoms with van der Waals surface area (Å²) in [4.78, 5) is 24.1. The Kier molecular flexibility index (Phi) is 6.50. The number of hydrogen-bond acceptors (Lipinski definition) is 5. The van der Waals surface area contributed by atoms with Gasteiger partial charge in [-0.25, -0.2) is 13.2 Å². The lowest BCUT2D eigenvalue weighted by molar-refractivity contribution is -0.130. The molecule has 0 spiro atoms. The predicted octanol–water partition coefficient (Wildman–Crippen LogP) is 3.42. The van der Waals surface area contributed by atoms with E-state index < -0.39 is 38.5 Å². The molecule has 0 saturated carbocycles. The quantitative estimate of drug-likeness (QED) is 0.700. The molecule has 0 fully saturated rings. The van der Waals surface area contributed by atoms with Crippen LogP contribution in [-0.2, 0) is 25.8 Å². The van der Waals surface area contributed by atoms with Crippen molar-refractivity contribution in [2.75, 3.05) is 0 Å². The number of carbonyl (C=O) groups excluding carboxylic acids is 2. The number of fused-ring (bicyclic) bond motifs is 1. The Morgan fingerprint density at radius 1 is 1.10 bits per heavy atom. The highest BCUT2D eigenvalue weighted by Crippen LogP contribution is 2.29. The van der Waals surface area contributed by atoms with E-state index in [0.717, 1.165) is 49.1 Å². The van der Waals surface area contributed by atoms with Gasteiger partial charge in [-0.1, -0.05) is 24.3 Å². The molecule has 0 bridgehead atoms. The van der Waals surface area contributed by atoms with E-state index in [1.165, 1.54) is 12.5 Å². The third-order valence-corrected chi connectivity index (χ3v) is 6.39. The van der Waals surface area contributed by atoms with Gasteiger partial charge in [0.2, 0.25) is 9.84 Å². The minimum Gasteiger partial charge on any atom is -0.449 e. The smallest absolute Gasteiger partial charge is 0.341 e. The van der Waals surface area contributed by atoms with Crippen LogP contribution in [-0.4, -0.2) is 32.2 Å². The normalized spacial score (nSPS) is 17.1. The first-order valence-electron chi connectivity index (χ1n) is 9.41. The molecule has 2 aromatic carbocycles. The lowest BCUT2D eigenvalue weighted by atomic mass is 9.87. The number of halogens is 2. The SMILES string of the molecule is C[C@@H](OC(=O)c1ccc(S(=O)(=O)C(F)F)cc1)C(=O)N[C@H]1CCCc2ccccc21. The molecule has 2 aromatic rings. The van der Waals surface area contributed by atoms with Gasteiger partial charge in [0, 0.05) is 0 Å². The lowest BCUT2D eigenvalue weighted by Gasteiger charge is -2.27. The fraction of sp³-hybridized carbons (Fsp3) is 0.333. The van der Waals surface area contributed by atoms with E-state index >= 15 is 0 Å². The molecule has 0 unspecified atom stereocenters. The summed E-state index contributed by atoms with van der Waals surface area (Å²) in [6.45, 7) is 1.43. The second-order valence-electron chi connectivity index (χ2n) is 7.03. The molecule has 30 heavy (non-hydrogen) atoms. The summed E-state index contributed by atoms with van der Waals surface area (Å²) in [5, 5.41) is 2.89. The van der Waals surface area contributed by atoms with Crippen molar-refractivity contribution in [3.8, 4) is 0 Å². The number of rotatable bonds is 6. The fourth-order valence-electron chi connectivity index (χ4n) is 3.36. The maximum atomic E-state index is 12.6. The van der Waals surface area contributed by atoms with Crippen LogP contribution in [0.4, 0.5) is 8.78 Å². The molecule has 0 aliphatic heterocycles. The molecule has 0 aromatic heterocycles. The second kappa shape index (κ2) is 8.91. The number of benzene rings is 2. The Balaban J connectivity index is 1.63. The fourth-order valence-corrected chi connectivity index (χ4v) is 4.08. The van der Waals surface area contributed by atoms with Crippen molar-refractivity contribution in [3.05, 3.63) is 65.2 Å². The molecular formula is C21H21F2NO5S. The summed E-state index contributed by atoms with van der Waals surface area (Å²) in [6, 6.07) is 11.6. The highest BCUT2D eigenvalue weighted by atomic mass is 32.2. The van der Waals surface area contributed by atoms with Gasteiger partial charge in [-0.3, -0.25) is 4.79 Å². The van der Waals surface area contributed by atoms with E-state index in [1.807, 2.05) is 24.3 Å². The van der Waals surface area contributed by atoms with Crippen molar-refractivity contribution in [1.29, 1.82) is 0 Å². The van der Waals surface area contributed by atoms with E-state index in [4.69, 9.17) is 4.74 Å². The van der Waals surface area contributed by atoms with Crippen LogP contribution in [0.5, 0.6) is 0 Å². The molecule has 2 atom stereocenters. The van der Waals surface area contributed by atoms with Crippen LogP contribution in [0.1, 0.15) is 47.3 Å². The minimum absolute atomic E-state index is 0.0501. The summed E-state index contributed by atoms with van der Waals surface area (Å²) in [7, 11) is -4.75. The largest absolute Gasteiger partial charge is 0.449 e. The first-order valence-corrected chi connectivity index (χ1v) is 11.0. The monoisotopic (exact) mass is 437 g/mol. The van der Waals surface area contributed by atoms with E-state index in [2.05, 4.69) is 5.32 Å². The van der Waals surface area contributed by atoms with Gasteiger partial charge in [-0.05, 0) is 61.6 Å². The molecule has 1 aliphatic carbocycles. The van der Waals surface area contributed by atoms with Crippen molar-refractivity contribution in [2.45, 2.75) is 49.0 Å². The number of esters is 1. The Labute approximate surface area is 173 Å². The van der Waals surface area contributed by atoms with Gasteiger partial charge in [-0.2, -0.15) is 8.78 Å². The van der Waals surface area contributed by atoms with Crippen molar-refractivity contribution in [1.82, 2.24) is 5.32 Å². The summed E-state index contributed by atoms with van der Waals surface area (Å²) in [6.07, 6.45) is 1.58. The Morgan fingerprint density at radius 2 is 1.77 bits per heavy atom. The summed E-state index contributed by atoms with van der Waals surface area (Å²) in [5.41, 5.74) is 2.18. The topological polar surface area (TPSA) is 89.5 Å². The number of carbonyl (C=O) groups is 2. The van der Waals surface area contributed by atoms with E-state index in [1.54, 1.807) is 0 Å². The maximum Gasteiger partial charge on any atom is 0.341 e. The van der Waals surface area contributed by atoms with Crippen LogP contribution < -0.4 is 5.32 Å². The standard InChI is InChI=1S/C21H21F2NO5S/c1-13(19(25)24-18-8-4-6-14-5-2-3-7-17(14)18)29-20(26)15-9-11-16(12-10-15)30(27,28)21(22)23/h2-3,5,7,9-13,18,21H,4,6,8H2,1H3,(H,24,25)/t13-,18+/m1/s1. The number of nitrogens with one attached hydrogen (secondary N) is 1. The van der Waals surface area contributed by atoms with Crippen LogP contribution >= 0.6 is 0 Å². The zero-order chi connectivity index (χ0) is 21.9. The molecule has 160 valence electrons. The Bertz CT molecular complexity index is 1040. The van der Waals surface area contributed by atoms with Crippen LogP contribution in [0.2, 0.25) is 0 Å². The highest BCUT2D eigenvalue weighted by Gasteiger charge is 2.28. The minimum atomic E-state index is -4.75. The maximum absolute atomic E-state index is 12.6. The summed E-state index contributed by atoms with van der Waals surface area (Å²) in [5.74, 6) is -4.87. The second-order valence-corrected chi connectivity index (χ2v) is 8.95. The molecule has 6 nitrogen and oxygen atoms in total.